The fourth-order valence-corrected chi connectivity index (χ4v) is 6.54. The molecule has 184 valence electrons. The molecule has 1 unspecified atom stereocenters. The molecule has 0 saturated carbocycles. The summed E-state index contributed by atoms with van der Waals surface area (Å²) in [6.45, 7) is 3.25. The molecule has 2 aliphatic heterocycles. The smallest absolute Gasteiger partial charge is 0.243 e. The fraction of sp³-hybridized carbons (Fsp3) is 0.500. The molecule has 0 bridgehead atoms. The Kier molecular flexibility index (Phi) is 8.24. The summed E-state index contributed by atoms with van der Waals surface area (Å²) in [6, 6.07) is 16.6. The SMILES string of the molecule is COc1ccccc1C(CNC(=O)C1CCN(S(=O)(=O)c2ccccc2)CC1)N1CCCCC1. The first-order valence-electron chi connectivity index (χ1n) is 12.2. The number of piperidine rings is 2. The summed E-state index contributed by atoms with van der Waals surface area (Å²) < 4.78 is 32.9. The first-order chi connectivity index (χ1) is 16.5. The molecule has 8 heteroatoms. The molecule has 0 radical (unpaired) electrons. The van der Waals surface area contributed by atoms with Crippen LogP contribution in [0.5, 0.6) is 5.75 Å². The quantitative estimate of drug-likeness (QED) is 0.620. The lowest BCUT2D eigenvalue weighted by atomic mass is 9.96. The minimum absolute atomic E-state index is 0.00802. The Labute approximate surface area is 203 Å². The summed E-state index contributed by atoms with van der Waals surface area (Å²) in [6.07, 6.45) is 4.62. The first kappa shape index (κ1) is 24.7. The van der Waals surface area contributed by atoms with Gasteiger partial charge in [-0.2, -0.15) is 4.31 Å². The molecule has 4 rings (SSSR count). The fourth-order valence-electron chi connectivity index (χ4n) is 5.05. The van der Waals surface area contributed by atoms with E-state index in [2.05, 4.69) is 16.3 Å². The molecular weight excluding hydrogens is 450 g/mol. The number of benzene rings is 2. The average Bonchev–Trinajstić information content (AvgIpc) is 2.90. The Balaban J connectivity index is 1.38. The van der Waals surface area contributed by atoms with Gasteiger partial charge in [0.05, 0.1) is 18.0 Å². The van der Waals surface area contributed by atoms with Crippen LogP contribution in [0.25, 0.3) is 0 Å². The standard InChI is InChI=1S/C26H35N3O4S/c1-33-25-13-7-6-12-23(25)24(28-16-8-3-9-17-28)20-27-26(30)21-14-18-29(19-15-21)34(31,32)22-10-4-2-5-11-22/h2,4-7,10-13,21,24H,3,8-9,14-20H2,1H3,(H,27,30). The molecule has 0 spiro atoms. The number of ether oxygens (including phenoxy) is 1. The first-order valence-corrected chi connectivity index (χ1v) is 13.6. The normalized spacial score (nSPS) is 19.4. The number of carbonyl (C=O) groups is 1. The second kappa shape index (κ2) is 11.3. The van der Waals surface area contributed by atoms with Crippen molar-refractivity contribution in [3.05, 3.63) is 60.2 Å². The van der Waals surface area contributed by atoms with E-state index in [-0.39, 0.29) is 17.9 Å². The van der Waals surface area contributed by atoms with Crippen LogP contribution in [0.1, 0.15) is 43.7 Å². The van der Waals surface area contributed by atoms with Gasteiger partial charge in [-0.15, -0.1) is 0 Å². The van der Waals surface area contributed by atoms with Gasteiger partial charge in [0.1, 0.15) is 5.75 Å². The third-order valence-electron chi connectivity index (χ3n) is 7.00. The zero-order chi connectivity index (χ0) is 24.0. The van der Waals surface area contributed by atoms with E-state index in [9.17, 15) is 13.2 Å². The van der Waals surface area contributed by atoms with Crippen molar-refractivity contribution >= 4 is 15.9 Å². The minimum Gasteiger partial charge on any atom is -0.496 e. The second-order valence-corrected chi connectivity index (χ2v) is 11.0. The summed E-state index contributed by atoms with van der Waals surface area (Å²) in [4.78, 5) is 15.8. The molecule has 2 heterocycles. The number of hydrogen-bond acceptors (Lipinski definition) is 5. The third-order valence-corrected chi connectivity index (χ3v) is 8.92. The van der Waals surface area contributed by atoms with Gasteiger partial charge in [-0.1, -0.05) is 42.8 Å². The second-order valence-electron chi connectivity index (χ2n) is 9.09. The molecule has 1 amide bonds. The molecule has 0 aromatic heterocycles. The zero-order valence-electron chi connectivity index (χ0n) is 19.9. The number of likely N-dealkylation sites (tertiary alicyclic amines) is 1. The van der Waals surface area contributed by atoms with Crippen LogP contribution in [0.15, 0.2) is 59.5 Å². The van der Waals surface area contributed by atoms with E-state index < -0.39 is 10.0 Å². The van der Waals surface area contributed by atoms with Gasteiger partial charge in [0.2, 0.25) is 15.9 Å². The van der Waals surface area contributed by atoms with Crippen LogP contribution in [0.3, 0.4) is 0 Å². The number of amides is 1. The van der Waals surface area contributed by atoms with Crippen molar-refractivity contribution in [3.8, 4) is 5.75 Å². The Bertz CT molecular complexity index is 1050. The predicted molar refractivity (Wildman–Crippen MR) is 132 cm³/mol. The Morgan fingerprint density at radius 3 is 2.29 bits per heavy atom. The van der Waals surface area contributed by atoms with Crippen molar-refractivity contribution in [1.29, 1.82) is 0 Å². The molecule has 7 nitrogen and oxygen atoms in total. The van der Waals surface area contributed by atoms with Crippen LogP contribution in [0.4, 0.5) is 0 Å². The van der Waals surface area contributed by atoms with E-state index in [1.54, 1.807) is 37.4 Å². The molecule has 2 aromatic carbocycles. The van der Waals surface area contributed by atoms with E-state index >= 15 is 0 Å². The van der Waals surface area contributed by atoms with Gasteiger partial charge in [0.25, 0.3) is 0 Å². The van der Waals surface area contributed by atoms with Crippen LogP contribution < -0.4 is 10.1 Å². The van der Waals surface area contributed by atoms with E-state index in [4.69, 9.17) is 4.74 Å². The van der Waals surface area contributed by atoms with Crippen LogP contribution in [0, 0.1) is 5.92 Å². The van der Waals surface area contributed by atoms with Crippen LogP contribution >= 0.6 is 0 Å². The van der Waals surface area contributed by atoms with Crippen LogP contribution in [-0.4, -0.2) is 63.4 Å². The Morgan fingerprint density at radius 2 is 1.62 bits per heavy atom. The van der Waals surface area contributed by atoms with Gasteiger partial charge in [-0.05, 0) is 57.0 Å². The van der Waals surface area contributed by atoms with Crippen LogP contribution in [0.2, 0.25) is 0 Å². The number of nitrogens with one attached hydrogen (secondary N) is 1. The van der Waals surface area contributed by atoms with Gasteiger partial charge >= 0.3 is 0 Å². The summed E-state index contributed by atoms with van der Waals surface area (Å²) >= 11 is 0. The summed E-state index contributed by atoms with van der Waals surface area (Å²) in [5.74, 6) is 0.669. The van der Waals surface area contributed by atoms with Gasteiger partial charge in [0.15, 0.2) is 0 Å². The van der Waals surface area contributed by atoms with Crippen LogP contribution in [-0.2, 0) is 14.8 Å². The number of hydrogen-bond donors (Lipinski definition) is 1. The van der Waals surface area contributed by atoms with Crippen molar-refractivity contribution in [1.82, 2.24) is 14.5 Å². The summed E-state index contributed by atoms with van der Waals surface area (Å²) in [7, 11) is -1.83. The predicted octanol–water partition coefficient (Wildman–Crippen LogP) is 3.44. The number of methoxy groups -OCH3 is 1. The highest BCUT2D eigenvalue weighted by atomic mass is 32.2. The lowest BCUT2D eigenvalue weighted by Gasteiger charge is -2.36. The number of carbonyl (C=O) groups excluding carboxylic acids is 1. The highest BCUT2D eigenvalue weighted by molar-refractivity contribution is 7.89. The average molecular weight is 486 g/mol. The molecule has 34 heavy (non-hydrogen) atoms. The summed E-state index contributed by atoms with van der Waals surface area (Å²) in [5, 5.41) is 3.18. The molecule has 0 aliphatic carbocycles. The van der Waals surface area contributed by atoms with Gasteiger partial charge in [-0.25, -0.2) is 8.42 Å². The maximum absolute atomic E-state index is 13.1. The van der Waals surface area contributed by atoms with E-state index in [1.807, 2.05) is 18.2 Å². The molecule has 1 N–H and O–H groups in total. The maximum Gasteiger partial charge on any atom is 0.243 e. The molecule has 2 fully saturated rings. The lowest BCUT2D eigenvalue weighted by Crippen LogP contribution is -2.45. The molecule has 2 aromatic rings. The minimum atomic E-state index is -3.51. The monoisotopic (exact) mass is 485 g/mol. The number of rotatable bonds is 8. The zero-order valence-corrected chi connectivity index (χ0v) is 20.7. The summed E-state index contributed by atoms with van der Waals surface area (Å²) in [5.41, 5.74) is 1.09. The van der Waals surface area contributed by atoms with Gasteiger partial charge < -0.3 is 10.1 Å². The number of nitrogens with zero attached hydrogens (tertiary/aromatic N) is 2. The van der Waals surface area contributed by atoms with Crippen molar-refractivity contribution in [3.63, 3.8) is 0 Å². The molecule has 2 aliphatic rings. The third kappa shape index (κ3) is 5.62. The molecule has 2 saturated heterocycles. The van der Waals surface area contributed by atoms with E-state index in [1.165, 1.54) is 10.7 Å². The van der Waals surface area contributed by atoms with Gasteiger partial charge in [-0.3, -0.25) is 9.69 Å². The van der Waals surface area contributed by atoms with E-state index in [0.717, 1.165) is 37.2 Å². The number of para-hydroxylation sites is 1. The highest BCUT2D eigenvalue weighted by Crippen LogP contribution is 2.31. The van der Waals surface area contributed by atoms with E-state index in [0.29, 0.717) is 37.4 Å². The number of sulfonamides is 1. The van der Waals surface area contributed by atoms with Crippen molar-refractivity contribution < 1.29 is 17.9 Å². The van der Waals surface area contributed by atoms with Crippen molar-refractivity contribution in [2.75, 3.05) is 39.8 Å². The van der Waals surface area contributed by atoms with Crippen molar-refractivity contribution in [2.45, 2.75) is 43.0 Å². The Hall–Kier alpha value is -2.42. The largest absolute Gasteiger partial charge is 0.496 e. The Morgan fingerprint density at radius 1 is 0.971 bits per heavy atom. The van der Waals surface area contributed by atoms with Crippen molar-refractivity contribution in [2.24, 2.45) is 5.92 Å². The maximum atomic E-state index is 13.1. The van der Waals surface area contributed by atoms with Gasteiger partial charge in [0, 0.05) is 31.1 Å². The topological polar surface area (TPSA) is 79.0 Å². The highest BCUT2D eigenvalue weighted by Gasteiger charge is 2.33. The lowest BCUT2D eigenvalue weighted by molar-refractivity contribution is -0.126. The molecular formula is C26H35N3O4S. The molecule has 1 atom stereocenters.